The first-order valence-electron chi connectivity index (χ1n) is 11.2. The van der Waals surface area contributed by atoms with Crippen LogP contribution in [0.2, 0.25) is 5.02 Å². The Morgan fingerprint density at radius 2 is 1.62 bits per heavy atom. The van der Waals surface area contributed by atoms with Crippen molar-refractivity contribution < 1.29 is 4.79 Å². The fraction of sp³-hybridized carbons (Fsp3) is 0.250. The number of carbonyl (C=O) groups is 1. The molecule has 0 aliphatic heterocycles. The molecular weight excluding hydrogens is 416 g/mol. The molecule has 0 aliphatic rings. The number of amides is 1. The van der Waals surface area contributed by atoms with Gasteiger partial charge in [-0.15, -0.1) is 0 Å². The molecule has 0 spiro atoms. The number of aryl methyl sites for hydroxylation is 2. The van der Waals surface area contributed by atoms with E-state index in [1.165, 1.54) is 22.0 Å². The first-order chi connectivity index (χ1) is 15.6. The molecule has 0 saturated heterocycles. The predicted octanol–water partition coefficient (Wildman–Crippen LogP) is 6.41. The van der Waals surface area contributed by atoms with Crippen LogP contribution in [-0.2, 0) is 24.2 Å². The Kier molecular flexibility index (Phi) is 7.28. The van der Waals surface area contributed by atoms with Gasteiger partial charge in [0.1, 0.15) is 0 Å². The molecule has 3 aromatic carbocycles. The molecule has 0 radical (unpaired) electrons. The van der Waals surface area contributed by atoms with Gasteiger partial charge in [-0.05, 0) is 55.0 Å². The van der Waals surface area contributed by atoms with Crippen LogP contribution in [0, 0.1) is 0 Å². The second-order valence-corrected chi connectivity index (χ2v) is 8.79. The van der Waals surface area contributed by atoms with Crippen molar-refractivity contribution in [1.29, 1.82) is 0 Å². The van der Waals surface area contributed by atoms with Crippen molar-refractivity contribution in [1.82, 2.24) is 9.88 Å². The highest BCUT2D eigenvalue weighted by Gasteiger charge is 2.13. The number of hydrogen-bond donors (Lipinski definition) is 1. The van der Waals surface area contributed by atoms with Crippen molar-refractivity contribution in [2.75, 3.05) is 0 Å². The average molecular weight is 445 g/mol. The topological polar surface area (TPSA) is 34.0 Å². The van der Waals surface area contributed by atoms with Gasteiger partial charge in [0.25, 0.3) is 0 Å². The maximum atomic E-state index is 12.6. The molecule has 3 nitrogen and oxygen atoms in total. The lowest BCUT2D eigenvalue weighted by molar-refractivity contribution is -0.121. The second-order valence-electron chi connectivity index (χ2n) is 8.38. The fourth-order valence-electron chi connectivity index (χ4n) is 4.16. The maximum absolute atomic E-state index is 12.6. The molecule has 4 rings (SSSR count). The van der Waals surface area contributed by atoms with E-state index in [1.54, 1.807) is 0 Å². The predicted molar refractivity (Wildman–Crippen MR) is 133 cm³/mol. The number of carbonyl (C=O) groups excluding carboxylic acids is 1. The van der Waals surface area contributed by atoms with Gasteiger partial charge in [0.2, 0.25) is 5.91 Å². The second kappa shape index (κ2) is 10.5. The van der Waals surface area contributed by atoms with E-state index in [0.717, 1.165) is 23.4 Å². The number of benzene rings is 3. The minimum atomic E-state index is 0.105. The highest BCUT2D eigenvalue weighted by Crippen LogP contribution is 2.25. The number of para-hydroxylation sites is 1. The summed E-state index contributed by atoms with van der Waals surface area (Å²) in [6.07, 6.45) is 5.27. The van der Waals surface area contributed by atoms with Crippen LogP contribution >= 0.6 is 11.6 Å². The third-order valence-corrected chi connectivity index (χ3v) is 6.28. The van der Waals surface area contributed by atoms with E-state index in [-0.39, 0.29) is 11.9 Å². The molecule has 0 aliphatic carbocycles. The van der Waals surface area contributed by atoms with Gasteiger partial charge in [-0.25, -0.2) is 0 Å². The van der Waals surface area contributed by atoms with Gasteiger partial charge in [0, 0.05) is 41.1 Å². The summed E-state index contributed by atoms with van der Waals surface area (Å²) in [7, 11) is 0. The monoisotopic (exact) mass is 444 g/mol. The van der Waals surface area contributed by atoms with E-state index in [2.05, 4.69) is 77.6 Å². The molecule has 1 aromatic heterocycles. The van der Waals surface area contributed by atoms with Crippen molar-refractivity contribution in [3.8, 4) is 0 Å². The zero-order chi connectivity index (χ0) is 22.3. The van der Waals surface area contributed by atoms with Crippen molar-refractivity contribution in [3.63, 3.8) is 0 Å². The van der Waals surface area contributed by atoms with E-state index < -0.39 is 0 Å². The summed E-state index contributed by atoms with van der Waals surface area (Å²) in [5.74, 6) is 0.105. The van der Waals surface area contributed by atoms with Crippen LogP contribution in [0.1, 0.15) is 36.5 Å². The Hall–Kier alpha value is -3.04. The third kappa shape index (κ3) is 5.60. The summed E-state index contributed by atoms with van der Waals surface area (Å²) in [5, 5.41) is 5.13. The van der Waals surface area contributed by atoms with Gasteiger partial charge in [0.15, 0.2) is 0 Å². The number of fused-ring (bicyclic) bond motifs is 1. The van der Waals surface area contributed by atoms with Crippen LogP contribution in [0.4, 0.5) is 0 Å². The molecule has 164 valence electrons. The minimum absolute atomic E-state index is 0.105. The van der Waals surface area contributed by atoms with E-state index in [1.807, 2.05) is 24.3 Å². The largest absolute Gasteiger partial charge is 0.354 e. The van der Waals surface area contributed by atoms with Crippen molar-refractivity contribution in [2.45, 2.75) is 45.2 Å². The highest BCUT2D eigenvalue weighted by atomic mass is 35.5. The maximum Gasteiger partial charge on any atom is 0.220 e. The Balaban J connectivity index is 1.37. The number of rotatable bonds is 9. The van der Waals surface area contributed by atoms with Gasteiger partial charge < -0.3 is 9.88 Å². The molecule has 4 aromatic rings. The van der Waals surface area contributed by atoms with E-state index in [4.69, 9.17) is 11.6 Å². The summed E-state index contributed by atoms with van der Waals surface area (Å²) in [6.45, 7) is 2.79. The Bertz CT molecular complexity index is 1180. The lowest BCUT2D eigenvalue weighted by Gasteiger charge is -2.14. The Labute approximate surface area is 195 Å². The fourth-order valence-corrected chi connectivity index (χ4v) is 4.35. The van der Waals surface area contributed by atoms with Gasteiger partial charge in [0.05, 0.1) is 0 Å². The van der Waals surface area contributed by atoms with Crippen molar-refractivity contribution >= 4 is 28.4 Å². The SMILES string of the molecule is CC(CCc1ccccc1)NC(=O)CCc1cn(Cc2ccccc2Cl)c2ccccc12. The summed E-state index contributed by atoms with van der Waals surface area (Å²) in [6, 6.07) is 26.9. The first kappa shape index (κ1) is 22.2. The standard InChI is InChI=1S/C28H29ClN2O/c1-21(15-16-22-9-3-2-4-10-22)30-28(32)18-17-23-19-31(27-14-8-6-12-25(23)27)20-24-11-5-7-13-26(24)29/h2-14,19,21H,15-18,20H2,1H3,(H,30,32). The molecule has 1 atom stereocenters. The van der Waals surface area contributed by atoms with Crippen molar-refractivity contribution in [3.05, 3.63) is 107 Å². The molecule has 1 N–H and O–H groups in total. The molecule has 1 heterocycles. The normalized spacial score (nSPS) is 12.1. The lowest BCUT2D eigenvalue weighted by Crippen LogP contribution is -2.33. The number of nitrogens with one attached hydrogen (secondary N) is 1. The molecule has 1 unspecified atom stereocenters. The van der Waals surface area contributed by atoms with Crippen molar-refractivity contribution in [2.24, 2.45) is 0 Å². The molecular formula is C28H29ClN2O. The average Bonchev–Trinajstić information content (AvgIpc) is 3.16. The van der Waals surface area contributed by atoms with Crippen LogP contribution in [0.25, 0.3) is 10.9 Å². The van der Waals surface area contributed by atoms with Gasteiger partial charge in [-0.3, -0.25) is 4.79 Å². The first-order valence-corrected chi connectivity index (χ1v) is 11.6. The Morgan fingerprint density at radius 3 is 2.44 bits per heavy atom. The van der Waals surface area contributed by atoms with Gasteiger partial charge in [-0.2, -0.15) is 0 Å². The van der Waals surface area contributed by atoms with Crippen LogP contribution in [-0.4, -0.2) is 16.5 Å². The number of aromatic nitrogens is 1. The summed E-state index contributed by atoms with van der Waals surface area (Å²) < 4.78 is 2.23. The van der Waals surface area contributed by atoms with Crippen LogP contribution in [0.5, 0.6) is 0 Å². The van der Waals surface area contributed by atoms with Gasteiger partial charge in [-0.1, -0.05) is 78.3 Å². The molecule has 0 bridgehead atoms. The molecule has 32 heavy (non-hydrogen) atoms. The summed E-state index contributed by atoms with van der Waals surface area (Å²) in [4.78, 5) is 12.6. The third-order valence-electron chi connectivity index (χ3n) is 5.91. The van der Waals surface area contributed by atoms with Gasteiger partial charge >= 0.3 is 0 Å². The quantitative estimate of drug-likeness (QED) is 0.318. The zero-order valence-corrected chi connectivity index (χ0v) is 19.2. The minimum Gasteiger partial charge on any atom is -0.354 e. The number of hydrogen-bond acceptors (Lipinski definition) is 1. The number of nitrogens with zero attached hydrogens (tertiary/aromatic N) is 1. The molecule has 0 fully saturated rings. The lowest BCUT2D eigenvalue weighted by atomic mass is 10.1. The summed E-state index contributed by atoms with van der Waals surface area (Å²) in [5.41, 5.74) is 4.75. The highest BCUT2D eigenvalue weighted by molar-refractivity contribution is 6.31. The van der Waals surface area contributed by atoms with E-state index >= 15 is 0 Å². The smallest absolute Gasteiger partial charge is 0.220 e. The molecule has 4 heteroatoms. The zero-order valence-electron chi connectivity index (χ0n) is 18.4. The van der Waals surface area contributed by atoms with Crippen LogP contribution < -0.4 is 5.32 Å². The van der Waals surface area contributed by atoms with Crippen LogP contribution in [0.15, 0.2) is 85.1 Å². The summed E-state index contributed by atoms with van der Waals surface area (Å²) >= 11 is 6.38. The number of halogens is 1. The van der Waals surface area contributed by atoms with E-state index in [0.29, 0.717) is 19.4 Å². The van der Waals surface area contributed by atoms with Crippen LogP contribution in [0.3, 0.4) is 0 Å². The molecule has 0 saturated carbocycles. The van der Waals surface area contributed by atoms with E-state index in [9.17, 15) is 4.79 Å². The molecule has 1 amide bonds. The Morgan fingerprint density at radius 1 is 0.906 bits per heavy atom.